The number of carbonyl (C=O) groups excluding carboxylic acids is 1. The number of hydrogen-bond donors (Lipinski definition) is 1. The Kier molecular flexibility index (Phi) is 4.22. The van der Waals surface area contributed by atoms with Crippen molar-refractivity contribution in [2.75, 3.05) is 5.73 Å². The van der Waals surface area contributed by atoms with Crippen LogP contribution < -0.4 is 5.73 Å². The van der Waals surface area contributed by atoms with Gasteiger partial charge in [0.15, 0.2) is 0 Å². The first-order chi connectivity index (χ1) is 4.83. The van der Waals surface area contributed by atoms with Gasteiger partial charge >= 0.3 is 0 Å². The fourth-order valence-corrected chi connectivity index (χ4v) is 0.718. The number of carbonyl (C=O) groups is 1. The van der Waals surface area contributed by atoms with E-state index in [1.807, 2.05) is 0 Å². The number of halogens is 1. The van der Waals surface area contributed by atoms with Crippen molar-refractivity contribution in [3.8, 4) is 0 Å². The van der Waals surface area contributed by atoms with Gasteiger partial charge in [-0.25, -0.2) is 4.98 Å². The van der Waals surface area contributed by atoms with Crippen LogP contribution in [-0.2, 0) is 11.2 Å². The molecule has 0 aliphatic carbocycles. The third-order valence-electron chi connectivity index (χ3n) is 1.16. The molecule has 1 aromatic heterocycles. The van der Waals surface area contributed by atoms with Crippen molar-refractivity contribution in [1.29, 1.82) is 0 Å². The van der Waals surface area contributed by atoms with Crippen LogP contribution >= 0.6 is 12.4 Å². The third-order valence-corrected chi connectivity index (χ3v) is 1.16. The molecule has 2 N–H and O–H groups in total. The van der Waals surface area contributed by atoms with Crippen molar-refractivity contribution < 1.29 is 4.79 Å². The van der Waals surface area contributed by atoms with Gasteiger partial charge < -0.3 is 10.5 Å². The number of rotatable bonds is 2. The Balaban J connectivity index is 0.000001000. The number of hydrogen-bond acceptors (Lipinski definition) is 3. The van der Waals surface area contributed by atoms with Crippen molar-refractivity contribution >= 4 is 24.5 Å². The van der Waals surface area contributed by atoms with E-state index in [9.17, 15) is 4.79 Å². The van der Waals surface area contributed by atoms with Crippen LogP contribution in [0.4, 0.5) is 5.82 Å². The number of aldehydes is 1. The highest BCUT2D eigenvalue weighted by molar-refractivity contribution is 5.85. The first kappa shape index (κ1) is 9.91. The molecule has 0 atom stereocenters. The van der Waals surface area contributed by atoms with Crippen molar-refractivity contribution in [1.82, 2.24) is 4.98 Å². The molecular weight excluding hydrogens is 164 g/mol. The van der Waals surface area contributed by atoms with Gasteiger partial charge in [-0.1, -0.05) is 0 Å². The molecule has 60 valence electrons. The second-order valence-corrected chi connectivity index (χ2v) is 1.96. The number of pyridine rings is 1. The average molecular weight is 173 g/mol. The highest BCUT2D eigenvalue weighted by atomic mass is 35.5. The Bertz CT molecular complexity index is 240. The second kappa shape index (κ2) is 4.68. The van der Waals surface area contributed by atoms with Crippen molar-refractivity contribution in [3.05, 3.63) is 23.9 Å². The molecule has 4 heteroatoms. The zero-order valence-electron chi connectivity index (χ0n) is 5.86. The maximum absolute atomic E-state index is 10.0. The Labute approximate surface area is 71.0 Å². The molecule has 0 spiro atoms. The summed E-state index contributed by atoms with van der Waals surface area (Å²) in [5.74, 6) is 0.458. The molecule has 0 aliphatic rings. The molecule has 11 heavy (non-hydrogen) atoms. The minimum atomic E-state index is 0. The lowest BCUT2D eigenvalue weighted by Crippen LogP contribution is -1.92. The van der Waals surface area contributed by atoms with Crippen molar-refractivity contribution in [3.63, 3.8) is 0 Å². The summed E-state index contributed by atoms with van der Waals surface area (Å²) in [7, 11) is 0. The summed E-state index contributed by atoms with van der Waals surface area (Å²) in [5.41, 5.74) is 6.27. The van der Waals surface area contributed by atoms with E-state index < -0.39 is 0 Å². The van der Waals surface area contributed by atoms with Gasteiger partial charge in [-0.2, -0.15) is 0 Å². The second-order valence-electron chi connectivity index (χ2n) is 1.96. The zero-order chi connectivity index (χ0) is 7.40. The van der Waals surface area contributed by atoms with Gasteiger partial charge in [0.05, 0.1) is 0 Å². The quantitative estimate of drug-likeness (QED) is 0.673. The lowest BCUT2D eigenvalue weighted by atomic mass is 10.2. The number of aromatic nitrogens is 1. The summed E-state index contributed by atoms with van der Waals surface area (Å²) >= 11 is 0. The summed E-state index contributed by atoms with van der Waals surface area (Å²) in [6.07, 6.45) is 2.84. The summed E-state index contributed by atoms with van der Waals surface area (Å²) in [5, 5.41) is 0. The van der Waals surface area contributed by atoms with E-state index in [1.54, 1.807) is 18.3 Å². The van der Waals surface area contributed by atoms with Gasteiger partial charge in [-0.3, -0.25) is 0 Å². The maximum Gasteiger partial charge on any atom is 0.124 e. The first-order valence-electron chi connectivity index (χ1n) is 2.97. The molecular formula is C7H9ClN2O. The Morgan fingerprint density at radius 2 is 2.36 bits per heavy atom. The van der Waals surface area contributed by atoms with Crippen LogP contribution in [0.2, 0.25) is 0 Å². The van der Waals surface area contributed by atoms with Crippen LogP contribution in [-0.4, -0.2) is 11.3 Å². The predicted molar refractivity (Wildman–Crippen MR) is 45.7 cm³/mol. The van der Waals surface area contributed by atoms with E-state index in [-0.39, 0.29) is 12.4 Å². The molecule has 0 saturated heterocycles. The van der Waals surface area contributed by atoms with Crippen LogP contribution in [0, 0.1) is 0 Å². The maximum atomic E-state index is 10.0. The topological polar surface area (TPSA) is 56.0 Å². The predicted octanol–water partition coefficient (Wildman–Crippen LogP) is 0.827. The van der Waals surface area contributed by atoms with E-state index >= 15 is 0 Å². The Morgan fingerprint density at radius 3 is 2.91 bits per heavy atom. The third kappa shape index (κ3) is 3.00. The minimum Gasteiger partial charge on any atom is -0.384 e. The monoisotopic (exact) mass is 172 g/mol. The van der Waals surface area contributed by atoms with Gasteiger partial charge in [0.1, 0.15) is 12.1 Å². The smallest absolute Gasteiger partial charge is 0.124 e. The Morgan fingerprint density at radius 1 is 1.64 bits per heavy atom. The van der Waals surface area contributed by atoms with Crippen LogP contribution in [0.25, 0.3) is 0 Å². The fourth-order valence-electron chi connectivity index (χ4n) is 0.718. The molecule has 0 saturated carbocycles. The van der Waals surface area contributed by atoms with Crippen LogP contribution in [0.1, 0.15) is 5.56 Å². The normalized spacial score (nSPS) is 8.36. The summed E-state index contributed by atoms with van der Waals surface area (Å²) < 4.78 is 0. The molecule has 0 aromatic carbocycles. The lowest BCUT2D eigenvalue weighted by molar-refractivity contribution is -0.107. The molecule has 0 radical (unpaired) electrons. The fraction of sp³-hybridized carbons (Fsp3) is 0.143. The molecule has 0 aliphatic heterocycles. The van der Waals surface area contributed by atoms with Gasteiger partial charge in [-0.05, 0) is 17.7 Å². The molecule has 0 bridgehead atoms. The van der Waals surface area contributed by atoms with E-state index in [0.29, 0.717) is 12.2 Å². The summed E-state index contributed by atoms with van der Waals surface area (Å²) in [4.78, 5) is 13.8. The van der Waals surface area contributed by atoms with Gasteiger partial charge in [0.2, 0.25) is 0 Å². The minimum absolute atomic E-state index is 0. The number of anilines is 1. The van der Waals surface area contributed by atoms with Crippen LogP contribution in [0.3, 0.4) is 0 Å². The summed E-state index contributed by atoms with van der Waals surface area (Å²) in [6, 6.07) is 3.46. The lowest BCUT2D eigenvalue weighted by Gasteiger charge is -1.94. The highest BCUT2D eigenvalue weighted by Gasteiger charge is 1.90. The molecule has 0 fully saturated rings. The molecule has 0 amide bonds. The van der Waals surface area contributed by atoms with E-state index in [2.05, 4.69) is 4.98 Å². The van der Waals surface area contributed by atoms with Crippen LogP contribution in [0.5, 0.6) is 0 Å². The van der Waals surface area contributed by atoms with E-state index in [0.717, 1.165) is 11.8 Å². The van der Waals surface area contributed by atoms with Crippen molar-refractivity contribution in [2.24, 2.45) is 0 Å². The van der Waals surface area contributed by atoms with Crippen molar-refractivity contribution in [2.45, 2.75) is 6.42 Å². The highest BCUT2D eigenvalue weighted by Crippen LogP contribution is 2.01. The largest absolute Gasteiger partial charge is 0.384 e. The van der Waals surface area contributed by atoms with Crippen LogP contribution in [0.15, 0.2) is 18.3 Å². The average Bonchev–Trinajstić information content (AvgIpc) is 1.88. The standard InChI is InChI=1S/C7H8N2O.ClH/c8-7-5-6(2-4-10)1-3-9-7;/h1,3-5H,2H2,(H2,8,9);1H. The number of nitrogens with zero attached hydrogens (tertiary/aromatic N) is 1. The van der Waals surface area contributed by atoms with Gasteiger partial charge in [0.25, 0.3) is 0 Å². The van der Waals surface area contributed by atoms with E-state index in [4.69, 9.17) is 5.73 Å². The molecule has 3 nitrogen and oxygen atoms in total. The van der Waals surface area contributed by atoms with Gasteiger partial charge in [-0.15, -0.1) is 12.4 Å². The molecule has 1 aromatic rings. The summed E-state index contributed by atoms with van der Waals surface area (Å²) in [6.45, 7) is 0. The number of nitrogen functional groups attached to an aromatic ring is 1. The SMILES string of the molecule is Cl.Nc1cc(CC=O)ccn1. The Hall–Kier alpha value is -1.09. The zero-order valence-corrected chi connectivity index (χ0v) is 6.67. The molecule has 1 heterocycles. The first-order valence-corrected chi connectivity index (χ1v) is 2.97. The molecule has 0 unspecified atom stereocenters. The van der Waals surface area contributed by atoms with E-state index in [1.165, 1.54) is 0 Å². The molecule has 1 rings (SSSR count). The van der Waals surface area contributed by atoms with Gasteiger partial charge in [0, 0.05) is 12.6 Å². The number of nitrogens with two attached hydrogens (primary N) is 1.